The number of carbonyl (C=O) groups is 2. The lowest BCUT2D eigenvalue weighted by atomic mass is 9.95. The molecule has 1 aliphatic carbocycles. The average molecular weight is 350 g/mol. The third-order valence-corrected chi connectivity index (χ3v) is 4.96. The molecule has 2 N–H and O–H groups in total. The fraction of sp³-hybridized carbons (Fsp3) is 0.700. The van der Waals surface area contributed by atoms with Crippen LogP contribution in [0, 0.1) is 5.92 Å². The summed E-state index contributed by atoms with van der Waals surface area (Å²) in [6.07, 6.45) is 12.3. The van der Waals surface area contributed by atoms with Crippen molar-refractivity contribution in [2.75, 3.05) is 0 Å². The van der Waals surface area contributed by atoms with Crippen LogP contribution in [0.15, 0.2) is 23.8 Å². The van der Waals surface area contributed by atoms with E-state index in [1.807, 2.05) is 6.08 Å². The van der Waals surface area contributed by atoms with Crippen LogP contribution in [-0.4, -0.2) is 40.3 Å². The van der Waals surface area contributed by atoms with E-state index in [9.17, 15) is 14.7 Å². The van der Waals surface area contributed by atoms with Crippen LogP contribution >= 0.6 is 0 Å². The van der Waals surface area contributed by atoms with E-state index < -0.39 is 12.1 Å². The molecule has 2 aliphatic rings. The zero-order chi connectivity index (χ0) is 18.2. The van der Waals surface area contributed by atoms with Gasteiger partial charge < -0.3 is 14.9 Å². The van der Waals surface area contributed by atoms with Crippen LogP contribution in [-0.2, 0) is 14.3 Å². The summed E-state index contributed by atoms with van der Waals surface area (Å²) in [5.74, 6) is -0.925. The van der Waals surface area contributed by atoms with E-state index in [1.165, 1.54) is 19.3 Å². The summed E-state index contributed by atoms with van der Waals surface area (Å²) >= 11 is 0. The van der Waals surface area contributed by atoms with Crippen molar-refractivity contribution >= 4 is 11.8 Å². The molecule has 1 aliphatic heterocycles. The normalized spacial score (nSPS) is 30.5. The van der Waals surface area contributed by atoms with Gasteiger partial charge in [-0.15, -0.1) is 0 Å². The minimum absolute atomic E-state index is 0.0108. The number of carbonyl (C=O) groups excluding carboxylic acids is 1. The number of hydrogen-bond donors (Lipinski definition) is 2. The number of rotatable bonds is 11. The number of ketones is 1. The van der Waals surface area contributed by atoms with Crippen LogP contribution in [0.5, 0.6) is 0 Å². The molecule has 0 aromatic carbocycles. The quantitative estimate of drug-likeness (QED) is 0.258. The summed E-state index contributed by atoms with van der Waals surface area (Å²) in [5.41, 5.74) is 0.691. The Morgan fingerprint density at radius 3 is 2.80 bits per heavy atom. The first-order valence-electron chi connectivity index (χ1n) is 9.48. The molecule has 5 heteroatoms. The molecule has 1 saturated carbocycles. The number of epoxide rings is 1. The zero-order valence-electron chi connectivity index (χ0n) is 15.0. The zero-order valence-corrected chi connectivity index (χ0v) is 15.0. The number of carboxylic acid groups (broad SMARTS) is 1. The number of ether oxygens (including phenoxy) is 1. The molecule has 2 rings (SSSR count). The van der Waals surface area contributed by atoms with Gasteiger partial charge in [0.25, 0.3) is 0 Å². The highest BCUT2D eigenvalue weighted by atomic mass is 16.6. The van der Waals surface area contributed by atoms with Crippen molar-refractivity contribution in [3.63, 3.8) is 0 Å². The van der Waals surface area contributed by atoms with Crippen LogP contribution in [0.4, 0.5) is 0 Å². The maximum absolute atomic E-state index is 12.2. The van der Waals surface area contributed by atoms with E-state index in [1.54, 1.807) is 0 Å². The van der Waals surface area contributed by atoms with Gasteiger partial charge in [0, 0.05) is 18.8 Å². The second-order valence-corrected chi connectivity index (χ2v) is 7.05. The molecule has 4 atom stereocenters. The summed E-state index contributed by atoms with van der Waals surface area (Å²) < 4.78 is 5.54. The van der Waals surface area contributed by atoms with E-state index in [0.717, 1.165) is 6.42 Å². The lowest BCUT2D eigenvalue weighted by molar-refractivity contribution is -0.137. The number of aliphatic hydroxyl groups excluding tert-OH is 1. The fourth-order valence-corrected chi connectivity index (χ4v) is 3.40. The van der Waals surface area contributed by atoms with Crippen molar-refractivity contribution in [2.45, 2.75) is 83.0 Å². The number of aliphatic hydroxyl groups is 1. The largest absolute Gasteiger partial charge is 0.481 e. The van der Waals surface area contributed by atoms with Gasteiger partial charge in [0.05, 0.1) is 12.2 Å². The highest BCUT2D eigenvalue weighted by Gasteiger charge is 2.41. The molecule has 2 fully saturated rings. The Kier molecular flexibility index (Phi) is 7.85. The number of unbranched alkanes of at least 4 members (excludes halogenated alkanes) is 3. The van der Waals surface area contributed by atoms with Crippen molar-refractivity contribution in [2.24, 2.45) is 5.92 Å². The van der Waals surface area contributed by atoms with Crippen molar-refractivity contribution in [3.8, 4) is 0 Å². The van der Waals surface area contributed by atoms with E-state index in [-0.39, 0.29) is 36.8 Å². The fourth-order valence-electron chi connectivity index (χ4n) is 3.40. The van der Waals surface area contributed by atoms with Crippen molar-refractivity contribution in [3.05, 3.63) is 23.8 Å². The van der Waals surface area contributed by atoms with Crippen LogP contribution in [0.1, 0.15) is 64.7 Å². The predicted molar refractivity (Wildman–Crippen MR) is 95.3 cm³/mol. The van der Waals surface area contributed by atoms with Crippen molar-refractivity contribution < 1.29 is 24.5 Å². The predicted octanol–water partition coefficient (Wildman–Crippen LogP) is 3.41. The molecule has 0 amide bonds. The van der Waals surface area contributed by atoms with Crippen LogP contribution in [0.25, 0.3) is 0 Å². The van der Waals surface area contributed by atoms with Gasteiger partial charge in [-0.25, -0.2) is 0 Å². The van der Waals surface area contributed by atoms with E-state index in [0.29, 0.717) is 24.8 Å². The van der Waals surface area contributed by atoms with Crippen molar-refractivity contribution in [1.82, 2.24) is 0 Å². The first kappa shape index (κ1) is 19.9. The summed E-state index contributed by atoms with van der Waals surface area (Å²) in [6, 6.07) is 0. The highest BCUT2D eigenvalue weighted by Crippen LogP contribution is 2.36. The van der Waals surface area contributed by atoms with Crippen molar-refractivity contribution in [1.29, 1.82) is 0 Å². The first-order chi connectivity index (χ1) is 12.0. The van der Waals surface area contributed by atoms with Gasteiger partial charge in [0.1, 0.15) is 6.10 Å². The van der Waals surface area contributed by atoms with Gasteiger partial charge in [-0.2, -0.15) is 0 Å². The topological polar surface area (TPSA) is 87.1 Å². The average Bonchev–Trinajstić information content (AvgIpc) is 3.23. The molecule has 0 aromatic rings. The Morgan fingerprint density at radius 1 is 1.28 bits per heavy atom. The number of Topliss-reactive ketones (excluding diaryl/α,β-unsaturated/α-hetero) is 1. The third kappa shape index (κ3) is 6.40. The molecule has 25 heavy (non-hydrogen) atoms. The maximum Gasteiger partial charge on any atom is 0.303 e. The standard InChI is InChI=1S/C20H30O5/c1-2-3-4-5-6-7-9-14-15(17(22)13-16(14)21)12-19-18(25-19)10-8-11-20(23)24/h6-7,12,14,16,18-19,21H,2-5,8-11,13H2,1H3,(H,23,24)/b7-6-,15-12+/t14-,16-,18-,19-/m1/s1. The molecule has 0 spiro atoms. The van der Waals surface area contributed by atoms with Gasteiger partial charge in [0.15, 0.2) is 5.78 Å². The van der Waals surface area contributed by atoms with E-state index in [2.05, 4.69) is 19.1 Å². The van der Waals surface area contributed by atoms with Crippen LogP contribution in [0.2, 0.25) is 0 Å². The summed E-state index contributed by atoms with van der Waals surface area (Å²) in [5, 5.41) is 18.8. The van der Waals surface area contributed by atoms with Gasteiger partial charge in [-0.1, -0.05) is 31.9 Å². The molecule has 0 bridgehead atoms. The minimum Gasteiger partial charge on any atom is -0.481 e. The van der Waals surface area contributed by atoms with E-state index >= 15 is 0 Å². The Labute approximate surface area is 149 Å². The maximum atomic E-state index is 12.2. The van der Waals surface area contributed by atoms with Gasteiger partial charge in [0.2, 0.25) is 0 Å². The molecule has 1 heterocycles. The number of aliphatic carboxylic acids is 1. The highest BCUT2D eigenvalue weighted by molar-refractivity contribution is 5.99. The second kappa shape index (κ2) is 9.88. The smallest absolute Gasteiger partial charge is 0.303 e. The molecular weight excluding hydrogens is 320 g/mol. The SMILES string of the molecule is CCCCC/C=C\C[C@@H]1/C(=C\[C@H]2O[C@@H]2CCCC(=O)O)C(=O)C[C@H]1O. The molecule has 5 nitrogen and oxygen atoms in total. The minimum atomic E-state index is -0.796. The number of allylic oxidation sites excluding steroid dienone is 2. The first-order valence-corrected chi connectivity index (χ1v) is 9.48. The second-order valence-electron chi connectivity index (χ2n) is 7.05. The monoisotopic (exact) mass is 350 g/mol. The van der Waals surface area contributed by atoms with Crippen LogP contribution in [0.3, 0.4) is 0 Å². The third-order valence-electron chi connectivity index (χ3n) is 4.96. The Balaban J connectivity index is 1.82. The van der Waals surface area contributed by atoms with Gasteiger partial charge >= 0.3 is 5.97 Å². The van der Waals surface area contributed by atoms with E-state index in [4.69, 9.17) is 9.84 Å². The molecule has 0 unspecified atom stereocenters. The number of hydrogen-bond acceptors (Lipinski definition) is 4. The Hall–Kier alpha value is -1.46. The molecule has 140 valence electrons. The van der Waals surface area contributed by atoms with Crippen LogP contribution < -0.4 is 0 Å². The summed E-state index contributed by atoms with van der Waals surface area (Å²) in [4.78, 5) is 22.7. The van der Waals surface area contributed by atoms with Gasteiger partial charge in [-0.3, -0.25) is 9.59 Å². The molecule has 0 radical (unpaired) electrons. The Morgan fingerprint density at radius 2 is 2.08 bits per heavy atom. The molecular formula is C20H30O5. The molecule has 0 aromatic heterocycles. The lowest BCUT2D eigenvalue weighted by Gasteiger charge is -2.12. The number of carboxylic acids is 1. The molecule has 1 saturated heterocycles. The Bertz CT molecular complexity index is 522. The lowest BCUT2D eigenvalue weighted by Crippen LogP contribution is -2.14. The summed E-state index contributed by atoms with van der Waals surface area (Å²) in [7, 11) is 0. The van der Waals surface area contributed by atoms with Gasteiger partial charge in [-0.05, 0) is 43.8 Å². The summed E-state index contributed by atoms with van der Waals surface area (Å²) in [6.45, 7) is 2.18.